The normalized spacial score (nSPS) is 13.8. The molecular weight excluding hydrogens is 238 g/mol. The number of carbonyl (C=O) groups is 1. The second-order valence-electron chi connectivity index (χ2n) is 3.79. The molecule has 5 nitrogen and oxygen atoms in total. The summed E-state index contributed by atoms with van der Waals surface area (Å²) in [6, 6.07) is 3.54. The molecule has 0 fully saturated rings. The van der Waals surface area contributed by atoms with E-state index in [0.717, 1.165) is 5.69 Å². The van der Waals surface area contributed by atoms with Gasteiger partial charge >= 0.3 is 0 Å². The van der Waals surface area contributed by atoms with Crippen molar-refractivity contribution in [3.05, 3.63) is 24.0 Å². The Hall–Kier alpha value is -1.43. The number of rotatable bonds is 5. The molecule has 1 heterocycles. The van der Waals surface area contributed by atoms with Crippen molar-refractivity contribution in [2.75, 3.05) is 24.4 Å². The van der Waals surface area contributed by atoms with Crippen molar-refractivity contribution in [3.63, 3.8) is 0 Å². The minimum Gasteiger partial charge on any atom is -0.382 e. The maximum Gasteiger partial charge on any atom is 0.269 e. The van der Waals surface area contributed by atoms with E-state index in [2.05, 4.69) is 15.6 Å². The largest absolute Gasteiger partial charge is 0.382 e. The molecule has 2 N–H and O–H groups in total. The van der Waals surface area contributed by atoms with Crippen molar-refractivity contribution in [2.24, 2.45) is 0 Å². The molecule has 0 aliphatic rings. The van der Waals surface area contributed by atoms with Gasteiger partial charge in [-0.2, -0.15) is 0 Å². The van der Waals surface area contributed by atoms with Crippen LogP contribution in [0.4, 0.5) is 5.69 Å². The van der Waals surface area contributed by atoms with Crippen molar-refractivity contribution in [1.29, 1.82) is 0 Å². The van der Waals surface area contributed by atoms with Crippen LogP contribution >= 0.6 is 0 Å². The van der Waals surface area contributed by atoms with Gasteiger partial charge in [0.1, 0.15) is 5.69 Å². The maximum atomic E-state index is 11.4. The molecule has 1 aromatic rings. The first-order chi connectivity index (χ1) is 8.02. The number of hydrogen-bond donors (Lipinski definition) is 2. The van der Waals surface area contributed by atoms with E-state index in [0.29, 0.717) is 11.4 Å². The van der Waals surface area contributed by atoms with Gasteiger partial charge in [0.15, 0.2) is 0 Å². The SMILES string of the molecule is CNC(=O)c1cc(NC(C)CS(C)=O)ccn1. The van der Waals surface area contributed by atoms with Crippen LogP contribution < -0.4 is 10.6 Å². The van der Waals surface area contributed by atoms with Gasteiger partial charge in [-0.3, -0.25) is 14.0 Å². The Morgan fingerprint density at radius 1 is 1.59 bits per heavy atom. The van der Waals surface area contributed by atoms with Crippen LogP contribution in [0.3, 0.4) is 0 Å². The van der Waals surface area contributed by atoms with Crippen molar-refractivity contribution in [2.45, 2.75) is 13.0 Å². The summed E-state index contributed by atoms with van der Waals surface area (Å²) in [4.78, 5) is 15.3. The second kappa shape index (κ2) is 6.34. The second-order valence-corrected chi connectivity index (χ2v) is 5.27. The highest BCUT2D eigenvalue weighted by Crippen LogP contribution is 2.09. The summed E-state index contributed by atoms with van der Waals surface area (Å²) >= 11 is 0. The first-order valence-corrected chi connectivity index (χ1v) is 7.00. The molecule has 0 radical (unpaired) electrons. The lowest BCUT2D eigenvalue weighted by atomic mass is 10.2. The topological polar surface area (TPSA) is 71.1 Å². The molecule has 1 rings (SSSR count). The van der Waals surface area contributed by atoms with Crippen LogP contribution in [0.25, 0.3) is 0 Å². The average Bonchev–Trinajstić information content (AvgIpc) is 2.27. The highest BCUT2D eigenvalue weighted by atomic mass is 32.2. The van der Waals surface area contributed by atoms with E-state index in [9.17, 15) is 9.00 Å². The highest BCUT2D eigenvalue weighted by Gasteiger charge is 2.08. The predicted molar refractivity (Wildman–Crippen MR) is 69.6 cm³/mol. The van der Waals surface area contributed by atoms with E-state index in [1.807, 2.05) is 6.92 Å². The van der Waals surface area contributed by atoms with Gasteiger partial charge in [0, 0.05) is 47.8 Å². The Bertz CT molecular complexity index is 423. The fourth-order valence-corrected chi connectivity index (χ4v) is 2.24. The Morgan fingerprint density at radius 2 is 2.29 bits per heavy atom. The smallest absolute Gasteiger partial charge is 0.269 e. The summed E-state index contributed by atoms with van der Waals surface area (Å²) in [6.45, 7) is 1.95. The molecule has 0 aliphatic carbocycles. The number of anilines is 1. The molecule has 6 heteroatoms. The van der Waals surface area contributed by atoms with Gasteiger partial charge in [-0.1, -0.05) is 0 Å². The van der Waals surface area contributed by atoms with Crippen molar-refractivity contribution in [1.82, 2.24) is 10.3 Å². The summed E-state index contributed by atoms with van der Waals surface area (Å²) in [6.07, 6.45) is 3.24. The van der Waals surface area contributed by atoms with Crippen LogP contribution in [0, 0.1) is 0 Å². The van der Waals surface area contributed by atoms with Crippen LogP contribution in [-0.2, 0) is 10.8 Å². The quantitative estimate of drug-likeness (QED) is 0.809. The fourth-order valence-electron chi connectivity index (χ4n) is 1.45. The molecule has 2 atom stereocenters. The predicted octanol–water partition coefficient (Wildman–Crippen LogP) is 0.620. The number of aromatic nitrogens is 1. The summed E-state index contributed by atoms with van der Waals surface area (Å²) in [7, 11) is 0.720. The molecular formula is C11H17N3O2S. The van der Waals surface area contributed by atoms with Crippen molar-refractivity contribution in [3.8, 4) is 0 Å². The molecule has 1 aromatic heterocycles. The van der Waals surface area contributed by atoms with E-state index < -0.39 is 10.8 Å². The van der Waals surface area contributed by atoms with E-state index in [-0.39, 0.29) is 11.9 Å². The zero-order valence-corrected chi connectivity index (χ0v) is 11.0. The molecule has 0 aliphatic heterocycles. The van der Waals surface area contributed by atoms with Crippen molar-refractivity contribution < 1.29 is 9.00 Å². The Morgan fingerprint density at radius 3 is 2.88 bits per heavy atom. The van der Waals surface area contributed by atoms with Crippen molar-refractivity contribution >= 4 is 22.4 Å². The van der Waals surface area contributed by atoms with E-state index in [1.165, 1.54) is 0 Å². The summed E-state index contributed by atoms with van der Waals surface area (Å²) in [5.41, 5.74) is 1.17. The van der Waals surface area contributed by atoms with Gasteiger partial charge in [-0.25, -0.2) is 0 Å². The van der Waals surface area contributed by atoms with E-state index >= 15 is 0 Å². The lowest BCUT2D eigenvalue weighted by molar-refractivity contribution is 0.0958. The summed E-state index contributed by atoms with van der Waals surface area (Å²) < 4.78 is 11.1. The zero-order chi connectivity index (χ0) is 12.8. The molecule has 0 saturated carbocycles. The monoisotopic (exact) mass is 255 g/mol. The van der Waals surface area contributed by atoms with Crippen LogP contribution in [0.2, 0.25) is 0 Å². The fraction of sp³-hybridized carbons (Fsp3) is 0.455. The van der Waals surface area contributed by atoms with Crippen LogP contribution in [0.1, 0.15) is 17.4 Å². The molecule has 94 valence electrons. The van der Waals surface area contributed by atoms with Gasteiger partial charge in [0.25, 0.3) is 5.91 Å². The highest BCUT2D eigenvalue weighted by molar-refractivity contribution is 7.84. The van der Waals surface area contributed by atoms with Gasteiger partial charge in [-0.05, 0) is 19.1 Å². The molecule has 2 unspecified atom stereocenters. The third-order valence-electron chi connectivity index (χ3n) is 2.12. The molecule has 0 spiro atoms. The molecule has 1 amide bonds. The van der Waals surface area contributed by atoms with Crippen LogP contribution in [0.15, 0.2) is 18.3 Å². The maximum absolute atomic E-state index is 11.4. The summed E-state index contributed by atoms with van der Waals surface area (Å²) in [5.74, 6) is 0.345. The Labute approximate surface area is 103 Å². The standard InChI is InChI=1S/C11H17N3O2S/c1-8(7-17(3)16)14-9-4-5-13-10(6-9)11(15)12-2/h4-6,8H,7H2,1-3H3,(H,12,15)(H,13,14). The number of hydrogen-bond acceptors (Lipinski definition) is 4. The van der Waals surface area contributed by atoms with Gasteiger partial charge < -0.3 is 10.6 Å². The van der Waals surface area contributed by atoms with Crippen LogP contribution in [0.5, 0.6) is 0 Å². The number of pyridine rings is 1. The minimum absolute atomic E-state index is 0.0840. The molecule has 17 heavy (non-hydrogen) atoms. The lowest BCUT2D eigenvalue weighted by Crippen LogP contribution is -2.23. The number of nitrogens with one attached hydrogen (secondary N) is 2. The molecule has 0 aromatic carbocycles. The molecule has 0 bridgehead atoms. The Balaban J connectivity index is 2.72. The summed E-state index contributed by atoms with van der Waals surface area (Å²) in [5, 5.41) is 5.70. The first-order valence-electron chi connectivity index (χ1n) is 5.27. The Kier molecular flexibility index (Phi) is 5.09. The van der Waals surface area contributed by atoms with E-state index in [1.54, 1.807) is 31.6 Å². The number of carbonyl (C=O) groups excluding carboxylic acids is 1. The average molecular weight is 255 g/mol. The van der Waals surface area contributed by atoms with E-state index in [4.69, 9.17) is 0 Å². The lowest BCUT2D eigenvalue weighted by Gasteiger charge is -2.14. The minimum atomic E-state index is -0.842. The number of nitrogens with zero attached hydrogens (tertiary/aromatic N) is 1. The third kappa shape index (κ3) is 4.52. The van der Waals surface area contributed by atoms with Gasteiger partial charge in [-0.15, -0.1) is 0 Å². The number of amides is 1. The first kappa shape index (κ1) is 13.6. The van der Waals surface area contributed by atoms with Crippen LogP contribution in [-0.4, -0.2) is 40.2 Å². The van der Waals surface area contributed by atoms with Gasteiger partial charge in [0.05, 0.1) is 0 Å². The van der Waals surface area contributed by atoms with Gasteiger partial charge in [0.2, 0.25) is 0 Å². The zero-order valence-electron chi connectivity index (χ0n) is 10.2. The molecule has 0 saturated heterocycles. The third-order valence-corrected chi connectivity index (χ3v) is 3.09.